The van der Waals surface area contributed by atoms with E-state index in [-0.39, 0.29) is 0 Å². The first kappa shape index (κ1) is 19.1. The van der Waals surface area contributed by atoms with Crippen molar-refractivity contribution >= 4 is 29.7 Å². The van der Waals surface area contributed by atoms with Crippen molar-refractivity contribution in [2.75, 3.05) is 25.2 Å². The van der Waals surface area contributed by atoms with Gasteiger partial charge in [0.2, 0.25) is 0 Å². The Morgan fingerprint density at radius 2 is 2.16 bits per heavy atom. The largest absolute Gasteiger partial charge is 0.497 e. The topological polar surface area (TPSA) is 95.9 Å². The number of nitrogens with one attached hydrogen (secondary N) is 1. The van der Waals surface area contributed by atoms with E-state index in [1.807, 2.05) is 0 Å². The summed E-state index contributed by atoms with van der Waals surface area (Å²) in [6, 6.07) is 6.24. The normalized spacial score (nSPS) is 19.8. The highest BCUT2D eigenvalue weighted by atomic mass is 32.2. The van der Waals surface area contributed by atoms with Gasteiger partial charge < -0.3 is 15.2 Å². The SMILES string of the molecule is CCCCSCC1(c2cccc(OC)c2)NC(=O)N(CC(=O)O)C1=O. The Kier molecular flexibility index (Phi) is 6.30. The highest BCUT2D eigenvalue weighted by Crippen LogP contribution is 2.34. The molecule has 1 saturated heterocycles. The Morgan fingerprint density at radius 1 is 1.40 bits per heavy atom. The Balaban J connectivity index is 2.37. The summed E-state index contributed by atoms with van der Waals surface area (Å²) in [6.07, 6.45) is 2.03. The quantitative estimate of drug-likeness (QED) is 0.513. The van der Waals surface area contributed by atoms with E-state index in [1.54, 1.807) is 36.0 Å². The number of hydrogen-bond donors (Lipinski definition) is 2. The molecule has 2 rings (SSSR count). The third-order valence-corrected chi connectivity index (χ3v) is 5.21. The van der Waals surface area contributed by atoms with E-state index in [0.717, 1.165) is 23.5 Å². The molecule has 136 valence electrons. The number of carboxylic acid groups (broad SMARTS) is 1. The number of hydrogen-bond acceptors (Lipinski definition) is 5. The zero-order valence-electron chi connectivity index (χ0n) is 14.3. The number of nitrogens with zero attached hydrogens (tertiary/aromatic N) is 1. The average molecular weight is 366 g/mol. The van der Waals surface area contributed by atoms with Crippen molar-refractivity contribution < 1.29 is 24.2 Å². The van der Waals surface area contributed by atoms with Crippen LogP contribution >= 0.6 is 11.8 Å². The van der Waals surface area contributed by atoms with Gasteiger partial charge in [-0.3, -0.25) is 14.5 Å². The van der Waals surface area contributed by atoms with Gasteiger partial charge in [0.05, 0.1) is 7.11 Å². The molecule has 1 atom stereocenters. The maximum absolute atomic E-state index is 13.0. The van der Waals surface area contributed by atoms with Crippen molar-refractivity contribution in [3.63, 3.8) is 0 Å². The van der Waals surface area contributed by atoms with Crippen LogP contribution in [0.25, 0.3) is 0 Å². The van der Waals surface area contributed by atoms with Crippen LogP contribution in [-0.2, 0) is 15.1 Å². The summed E-state index contributed by atoms with van der Waals surface area (Å²) in [5.41, 5.74) is -0.693. The number of carbonyl (C=O) groups is 3. The van der Waals surface area contributed by atoms with Gasteiger partial charge in [-0.15, -0.1) is 0 Å². The second-order valence-electron chi connectivity index (χ2n) is 5.76. The van der Waals surface area contributed by atoms with Gasteiger partial charge >= 0.3 is 12.0 Å². The second-order valence-corrected chi connectivity index (χ2v) is 6.86. The zero-order valence-corrected chi connectivity index (χ0v) is 15.1. The fourth-order valence-corrected chi connectivity index (χ4v) is 3.95. The lowest BCUT2D eigenvalue weighted by Gasteiger charge is -2.27. The number of urea groups is 1. The number of ether oxygens (including phenoxy) is 1. The van der Waals surface area contributed by atoms with Crippen molar-refractivity contribution in [3.05, 3.63) is 29.8 Å². The van der Waals surface area contributed by atoms with E-state index in [1.165, 1.54) is 7.11 Å². The first-order valence-corrected chi connectivity index (χ1v) is 9.18. The predicted octanol–water partition coefficient (Wildman–Crippen LogP) is 2.06. The molecule has 1 aliphatic rings. The lowest BCUT2D eigenvalue weighted by molar-refractivity contribution is -0.142. The summed E-state index contributed by atoms with van der Waals surface area (Å²) < 4.78 is 5.22. The number of thioether (sulfide) groups is 1. The van der Waals surface area contributed by atoms with E-state index in [9.17, 15) is 14.4 Å². The molecule has 25 heavy (non-hydrogen) atoms. The van der Waals surface area contributed by atoms with E-state index in [2.05, 4.69) is 12.2 Å². The Hall–Kier alpha value is -2.22. The van der Waals surface area contributed by atoms with Crippen LogP contribution in [0.4, 0.5) is 4.79 Å². The number of benzene rings is 1. The second kappa shape index (κ2) is 8.24. The molecule has 1 fully saturated rings. The highest BCUT2D eigenvalue weighted by Gasteiger charge is 2.52. The van der Waals surface area contributed by atoms with Crippen molar-refractivity contribution in [2.24, 2.45) is 0 Å². The Bertz CT molecular complexity index is 666. The molecule has 0 aromatic heterocycles. The van der Waals surface area contributed by atoms with Gasteiger partial charge in [0, 0.05) is 5.75 Å². The van der Waals surface area contributed by atoms with Crippen molar-refractivity contribution in [1.29, 1.82) is 0 Å². The molecule has 0 bridgehead atoms. The summed E-state index contributed by atoms with van der Waals surface area (Å²) in [5, 5.41) is 11.7. The zero-order chi connectivity index (χ0) is 18.4. The van der Waals surface area contributed by atoms with E-state index in [0.29, 0.717) is 17.1 Å². The molecule has 1 aromatic rings. The van der Waals surface area contributed by atoms with Gasteiger partial charge in [0.15, 0.2) is 5.54 Å². The summed E-state index contributed by atoms with van der Waals surface area (Å²) >= 11 is 1.56. The fraction of sp³-hybridized carbons (Fsp3) is 0.471. The molecule has 1 unspecified atom stereocenters. The standard InChI is InChI=1S/C17H22N2O5S/c1-3-4-8-25-11-17(12-6-5-7-13(9-12)24-2)15(22)19(10-14(20)21)16(23)18-17/h5-7,9H,3-4,8,10-11H2,1-2H3,(H,18,23)(H,20,21). The number of amides is 3. The first-order chi connectivity index (χ1) is 11.9. The number of carboxylic acids is 1. The van der Waals surface area contributed by atoms with Gasteiger partial charge in [0.1, 0.15) is 12.3 Å². The summed E-state index contributed by atoms with van der Waals surface area (Å²) in [6.45, 7) is 1.42. The molecule has 1 aromatic carbocycles. The molecule has 3 amide bonds. The summed E-state index contributed by atoms with van der Waals surface area (Å²) in [5.74, 6) is -0.0274. The van der Waals surface area contributed by atoms with Crippen LogP contribution in [0.15, 0.2) is 24.3 Å². The van der Waals surface area contributed by atoms with Crippen molar-refractivity contribution in [2.45, 2.75) is 25.3 Å². The Labute approximate surface area is 150 Å². The molecule has 0 radical (unpaired) electrons. The average Bonchev–Trinajstić information content (AvgIpc) is 2.83. The number of methoxy groups -OCH3 is 1. The number of aliphatic carboxylic acids is 1. The molecular weight excluding hydrogens is 344 g/mol. The van der Waals surface area contributed by atoms with Crippen LogP contribution in [0.5, 0.6) is 5.75 Å². The molecule has 0 spiro atoms. The lowest BCUT2D eigenvalue weighted by atomic mass is 9.91. The van der Waals surface area contributed by atoms with E-state index >= 15 is 0 Å². The van der Waals surface area contributed by atoms with Gasteiger partial charge in [0.25, 0.3) is 5.91 Å². The minimum absolute atomic E-state index is 0.334. The molecular formula is C17H22N2O5S. The van der Waals surface area contributed by atoms with Crippen LogP contribution in [0.3, 0.4) is 0 Å². The van der Waals surface area contributed by atoms with Gasteiger partial charge in [-0.05, 0) is 29.9 Å². The summed E-state index contributed by atoms with van der Waals surface area (Å²) in [7, 11) is 1.52. The molecule has 1 heterocycles. The van der Waals surface area contributed by atoms with Crippen molar-refractivity contribution in [3.8, 4) is 5.75 Å². The molecule has 0 aliphatic carbocycles. The fourth-order valence-electron chi connectivity index (χ4n) is 2.64. The number of imide groups is 1. The lowest BCUT2D eigenvalue weighted by Crippen LogP contribution is -2.46. The number of unbranched alkanes of at least 4 members (excludes halogenated alkanes) is 1. The third-order valence-electron chi connectivity index (χ3n) is 3.99. The molecule has 0 saturated carbocycles. The minimum Gasteiger partial charge on any atom is -0.497 e. The Morgan fingerprint density at radius 3 is 2.80 bits per heavy atom. The smallest absolute Gasteiger partial charge is 0.325 e. The first-order valence-electron chi connectivity index (χ1n) is 8.02. The number of rotatable bonds is 9. The third kappa shape index (κ3) is 4.07. The molecule has 1 aliphatic heterocycles. The van der Waals surface area contributed by atoms with Gasteiger partial charge in [-0.2, -0.15) is 11.8 Å². The van der Waals surface area contributed by atoms with Crippen molar-refractivity contribution in [1.82, 2.24) is 10.2 Å². The van der Waals surface area contributed by atoms with Crippen LogP contribution in [0, 0.1) is 0 Å². The van der Waals surface area contributed by atoms with Gasteiger partial charge in [-0.1, -0.05) is 25.5 Å². The molecule has 2 N–H and O–H groups in total. The van der Waals surface area contributed by atoms with Gasteiger partial charge in [-0.25, -0.2) is 4.79 Å². The van der Waals surface area contributed by atoms with Crippen LogP contribution in [-0.4, -0.2) is 53.1 Å². The van der Waals surface area contributed by atoms with Crippen LogP contribution in [0.2, 0.25) is 0 Å². The highest BCUT2D eigenvalue weighted by molar-refractivity contribution is 7.99. The number of carbonyl (C=O) groups excluding carboxylic acids is 2. The maximum Gasteiger partial charge on any atom is 0.325 e. The van der Waals surface area contributed by atoms with E-state index in [4.69, 9.17) is 9.84 Å². The maximum atomic E-state index is 13.0. The van der Waals surface area contributed by atoms with Crippen LogP contribution < -0.4 is 10.1 Å². The monoisotopic (exact) mass is 366 g/mol. The molecule has 8 heteroatoms. The molecule has 7 nitrogen and oxygen atoms in total. The van der Waals surface area contributed by atoms with Crippen LogP contribution in [0.1, 0.15) is 25.3 Å². The van der Waals surface area contributed by atoms with E-state index < -0.39 is 30.0 Å². The predicted molar refractivity (Wildman–Crippen MR) is 94.8 cm³/mol. The minimum atomic E-state index is -1.28. The summed E-state index contributed by atoms with van der Waals surface area (Å²) in [4.78, 5) is 37.0.